The van der Waals surface area contributed by atoms with E-state index in [2.05, 4.69) is 10.6 Å². The Morgan fingerprint density at radius 3 is 2.79 bits per heavy atom. The van der Waals surface area contributed by atoms with Gasteiger partial charge in [0.25, 0.3) is 0 Å². The summed E-state index contributed by atoms with van der Waals surface area (Å²) in [4.78, 5) is 11.5. The highest BCUT2D eigenvalue weighted by Gasteiger charge is 2.24. The van der Waals surface area contributed by atoms with Crippen molar-refractivity contribution in [2.45, 2.75) is 18.1 Å². The molecule has 0 spiro atoms. The van der Waals surface area contributed by atoms with Crippen LogP contribution in [0.1, 0.15) is 12.8 Å². The number of hydrogen-bond donors (Lipinski definition) is 2. The predicted octanol–water partition coefficient (Wildman–Crippen LogP) is 0.639. The molecule has 0 aromatic heterocycles. The van der Waals surface area contributed by atoms with Gasteiger partial charge in [0.1, 0.15) is 0 Å². The molecule has 2 fully saturated rings. The van der Waals surface area contributed by atoms with Crippen LogP contribution in [0.4, 0.5) is 0 Å². The molecule has 2 heterocycles. The van der Waals surface area contributed by atoms with Crippen molar-refractivity contribution >= 4 is 30.1 Å². The van der Waals surface area contributed by atoms with Crippen molar-refractivity contribution in [3.8, 4) is 0 Å². The Kier molecular flexibility index (Phi) is 5.06. The highest BCUT2D eigenvalue weighted by atomic mass is 35.5. The van der Waals surface area contributed by atoms with E-state index in [0.29, 0.717) is 5.92 Å². The van der Waals surface area contributed by atoms with Crippen LogP contribution in [0.5, 0.6) is 0 Å². The molecule has 5 heteroatoms. The third kappa shape index (κ3) is 3.04. The summed E-state index contributed by atoms with van der Waals surface area (Å²) < 4.78 is 0. The molecule has 2 rings (SSSR count). The molecule has 0 saturated carbocycles. The van der Waals surface area contributed by atoms with Crippen molar-refractivity contribution in [3.05, 3.63) is 0 Å². The second-order valence-electron chi connectivity index (χ2n) is 3.77. The van der Waals surface area contributed by atoms with E-state index in [0.717, 1.165) is 31.8 Å². The van der Waals surface area contributed by atoms with Crippen LogP contribution in [0.25, 0.3) is 0 Å². The maximum absolute atomic E-state index is 11.5. The largest absolute Gasteiger partial charge is 0.355 e. The molecule has 82 valence electrons. The summed E-state index contributed by atoms with van der Waals surface area (Å²) in [5.74, 6) is 2.09. The molecule has 2 aliphatic heterocycles. The summed E-state index contributed by atoms with van der Waals surface area (Å²) in [6.07, 6.45) is 2.27. The minimum atomic E-state index is 0. The van der Waals surface area contributed by atoms with E-state index in [-0.39, 0.29) is 23.6 Å². The van der Waals surface area contributed by atoms with E-state index in [1.807, 2.05) is 0 Å². The first-order chi connectivity index (χ1) is 6.36. The second kappa shape index (κ2) is 5.83. The average molecular weight is 237 g/mol. The van der Waals surface area contributed by atoms with Gasteiger partial charge in [-0.25, -0.2) is 0 Å². The summed E-state index contributed by atoms with van der Waals surface area (Å²) in [6.45, 7) is 3.00. The average Bonchev–Trinajstić information content (AvgIpc) is 2.52. The van der Waals surface area contributed by atoms with Crippen LogP contribution in [0.2, 0.25) is 0 Å². The zero-order valence-electron chi connectivity index (χ0n) is 8.12. The van der Waals surface area contributed by atoms with E-state index in [4.69, 9.17) is 0 Å². The summed E-state index contributed by atoms with van der Waals surface area (Å²) in [6, 6.07) is 0. The lowest BCUT2D eigenvalue weighted by Gasteiger charge is -2.27. The van der Waals surface area contributed by atoms with Crippen LogP contribution in [0.15, 0.2) is 0 Å². The zero-order chi connectivity index (χ0) is 9.10. The van der Waals surface area contributed by atoms with Gasteiger partial charge in [-0.2, -0.15) is 0 Å². The topological polar surface area (TPSA) is 41.1 Å². The smallest absolute Gasteiger partial charge is 0.233 e. The van der Waals surface area contributed by atoms with Gasteiger partial charge < -0.3 is 10.6 Å². The van der Waals surface area contributed by atoms with Crippen molar-refractivity contribution < 1.29 is 4.79 Å². The molecule has 3 nitrogen and oxygen atoms in total. The van der Waals surface area contributed by atoms with Crippen molar-refractivity contribution in [3.63, 3.8) is 0 Å². The van der Waals surface area contributed by atoms with Crippen LogP contribution in [0, 0.1) is 5.92 Å². The molecular weight excluding hydrogens is 220 g/mol. The highest BCUT2D eigenvalue weighted by Crippen LogP contribution is 2.25. The second-order valence-corrected chi connectivity index (χ2v) is 5.08. The molecule has 2 aliphatic rings. The maximum Gasteiger partial charge on any atom is 0.233 e. The molecule has 0 aromatic carbocycles. The number of nitrogens with one attached hydrogen (secondary N) is 2. The normalized spacial score (nSPS) is 26.4. The van der Waals surface area contributed by atoms with Gasteiger partial charge in [0.05, 0.1) is 5.25 Å². The van der Waals surface area contributed by atoms with Crippen molar-refractivity contribution in [2.75, 3.05) is 25.4 Å². The SMILES string of the molecule is Cl.O=C(NCC1CNC1)C1CCCS1. The van der Waals surface area contributed by atoms with E-state index >= 15 is 0 Å². The number of halogens is 1. The lowest BCUT2D eigenvalue weighted by molar-refractivity contribution is -0.120. The summed E-state index contributed by atoms with van der Waals surface area (Å²) in [7, 11) is 0. The Morgan fingerprint density at radius 1 is 1.50 bits per heavy atom. The van der Waals surface area contributed by atoms with Crippen molar-refractivity contribution in [2.24, 2.45) is 5.92 Å². The number of carbonyl (C=O) groups is 1. The monoisotopic (exact) mass is 236 g/mol. The molecule has 2 N–H and O–H groups in total. The predicted molar refractivity (Wildman–Crippen MR) is 62.1 cm³/mol. The summed E-state index contributed by atoms with van der Waals surface area (Å²) in [5.41, 5.74) is 0. The van der Waals surface area contributed by atoms with E-state index in [9.17, 15) is 4.79 Å². The van der Waals surface area contributed by atoms with Gasteiger partial charge in [-0.05, 0) is 18.6 Å². The molecule has 0 radical (unpaired) electrons. The van der Waals surface area contributed by atoms with Crippen molar-refractivity contribution in [1.82, 2.24) is 10.6 Å². The Bertz CT molecular complexity index is 193. The number of rotatable bonds is 3. The molecule has 1 unspecified atom stereocenters. The van der Waals surface area contributed by atoms with Gasteiger partial charge in [-0.1, -0.05) is 0 Å². The molecule has 0 bridgehead atoms. The fraction of sp³-hybridized carbons (Fsp3) is 0.889. The van der Waals surface area contributed by atoms with Crippen molar-refractivity contribution in [1.29, 1.82) is 0 Å². The first-order valence-corrected chi connectivity index (χ1v) is 6.01. The van der Waals surface area contributed by atoms with Gasteiger partial charge in [0.15, 0.2) is 0 Å². The maximum atomic E-state index is 11.5. The standard InChI is InChI=1S/C9H16N2OS.ClH/c12-9(8-2-1-3-13-8)11-6-7-4-10-5-7;/h7-8,10H,1-6H2,(H,11,12);1H. The van der Waals surface area contributed by atoms with E-state index < -0.39 is 0 Å². The summed E-state index contributed by atoms with van der Waals surface area (Å²) >= 11 is 1.80. The first-order valence-electron chi connectivity index (χ1n) is 4.96. The van der Waals surface area contributed by atoms with Crippen LogP contribution < -0.4 is 10.6 Å². The number of carbonyl (C=O) groups excluding carboxylic acids is 1. The number of hydrogen-bond acceptors (Lipinski definition) is 3. The van der Waals surface area contributed by atoms with E-state index in [1.165, 1.54) is 6.42 Å². The third-order valence-corrected chi connectivity index (χ3v) is 4.03. The lowest BCUT2D eigenvalue weighted by Crippen LogP contribution is -2.49. The van der Waals surface area contributed by atoms with Gasteiger partial charge in [0, 0.05) is 25.6 Å². The first kappa shape index (κ1) is 12.1. The zero-order valence-corrected chi connectivity index (χ0v) is 9.76. The molecule has 2 saturated heterocycles. The van der Waals surface area contributed by atoms with Crippen LogP contribution in [-0.4, -0.2) is 36.5 Å². The molecule has 1 atom stereocenters. The Morgan fingerprint density at radius 2 is 2.29 bits per heavy atom. The Labute approximate surface area is 95.2 Å². The highest BCUT2D eigenvalue weighted by molar-refractivity contribution is 8.00. The number of amides is 1. The molecule has 0 aromatic rings. The summed E-state index contributed by atoms with van der Waals surface area (Å²) in [5, 5.41) is 6.47. The third-order valence-electron chi connectivity index (χ3n) is 2.65. The molecular formula is C9H17ClN2OS. The van der Waals surface area contributed by atoms with Gasteiger partial charge in [0.2, 0.25) is 5.91 Å². The molecule has 14 heavy (non-hydrogen) atoms. The van der Waals surface area contributed by atoms with E-state index in [1.54, 1.807) is 11.8 Å². The number of thioether (sulfide) groups is 1. The fourth-order valence-electron chi connectivity index (χ4n) is 1.64. The van der Waals surface area contributed by atoms with Gasteiger partial charge >= 0.3 is 0 Å². The van der Waals surface area contributed by atoms with Gasteiger partial charge in [-0.15, -0.1) is 24.2 Å². The minimum Gasteiger partial charge on any atom is -0.355 e. The lowest BCUT2D eigenvalue weighted by atomic mass is 10.0. The van der Waals surface area contributed by atoms with Crippen LogP contribution in [0.3, 0.4) is 0 Å². The molecule has 1 amide bonds. The quantitative estimate of drug-likeness (QED) is 0.756. The Hall–Kier alpha value is 0.0700. The van der Waals surface area contributed by atoms with Crippen LogP contribution >= 0.6 is 24.2 Å². The molecule has 0 aliphatic carbocycles. The Balaban J connectivity index is 0.000000980. The minimum absolute atomic E-state index is 0. The van der Waals surface area contributed by atoms with Crippen LogP contribution in [-0.2, 0) is 4.79 Å². The van der Waals surface area contributed by atoms with Gasteiger partial charge in [-0.3, -0.25) is 4.79 Å². The fourth-order valence-corrected chi connectivity index (χ4v) is 2.82.